The van der Waals surface area contributed by atoms with E-state index in [1.54, 1.807) is 57.2 Å². The second-order valence-corrected chi connectivity index (χ2v) is 32.7. The minimum atomic E-state index is -7.00. The summed E-state index contributed by atoms with van der Waals surface area (Å²) in [4.78, 5) is 106. The quantitative estimate of drug-likeness (QED) is 0.0140. The van der Waals surface area contributed by atoms with Gasteiger partial charge in [0.25, 0.3) is 6.47 Å². The molecule has 0 aromatic heterocycles. The summed E-state index contributed by atoms with van der Waals surface area (Å²) in [6.07, 6.45) is -97.5. The molecule has 5 N–H and O–H groups in total. The van der Waals surface area contributed by atoms with E-state index in [2.05, 4.69) is 52.8 Å². The maximum absolute atomic E-state index is 13.3. The minimum absolute atomic E-state index is 0. The van der Waals surface area contributed by atoms with E-state index in [0.29, 0.717) is 11.5 Å². The molecule has 0 unspecified atom stereocenters. The Morgan fingerprint density at radius 1 is 0.395 bits per heavy atom. The van der Waals surface area contributed by atoms with Crippen molar-refractivity contribution in [1.29, 1.82) is 0 Å². The fourth-order valence-corrected chi connectivity index (χ4v) is 14.4. The van der Waals surface area contributed by atoms with Crippen LogP contribution in [0.3, 0.4) is 0 Å². The van der Waals surface area contributed by atoms with Crippen LogP contribution in [0.4, 0.5) is 172 Å². The van der Waals surface area contributed by atoms with E-state index >= 15 is 0 Å². The fourth-order valence-electron chi connectivity index (χ4n) is 14.4. The molecule has 826 valence electrons. The molecule has 4 aromatic rings. The molecule has 0 bridgehead atoms. The molecule has 3 amide bonds. The van der Waals surface area contributed by atoms with E-state index in [4.69, 9.17) is 39.2 Å². The molecule has 4 saturated heterocycles. The van der Waals surface area contributed by atoms with Gasteiger partial charge in [-0.05, 0) is 86.1 Å². The third-order valence-corrected chi connectivity index (χ3v) is 20.6. The molecule has 4 aromatic carbocycles. The van der Waals surface area contributed by atoms with Crippen LogP contribution in [0.25, 0.3) is 22.3 Å². The number of aliphatic hydroxyl groups is 2. The average Bonchev–Trinajstić information content (AvgIpc) is 0.725. The van der Waals surface area contributed by atoms with Crippen molar-refractivity contribution in [3.05, 3.63) is 119 Å². The van der Waals surface area contributed by atoms with E-state index < -0.39 is 250 Å². The monoisotopic (exact) mass is 2260 g/mol. The Morgan fingerprint density at radius 3 is 0.891 bits per heavy atom. The van der Waals surface area contributed by atoms with Crippen molar-refractivity contribution in [2.75, 3.05) is 53.6 Å². The molecule has 147 heavy (non-hydrogen) atoms. The fraction of sp³-hybridized carbons (Fsp3) is 0.593. The van der Waals surface area contributed by atoms with Gasteiger partial charge in [-0.2, -0.15) is 158 Å². The number of carboxylic acid groups (broad SMARTS) is 2. The molecule has 0 radical (unpaired) electrons. The molecule has 10 rings (SSSR count). The van der Waals surface area contributed by atoms with Gasteiger partial charge in [-0.3, -0.25) is 29.1 Å². The standard InChI is InChI=1S/C24H18F9NO5.C16H14O2.C15H18F9NO5.C11H19NO5.C9H8F9NO3.C4HF9O.CH2O3.CH4.2K.H/c25-22(26,27)21(23(28,29)30,24(31,32)33)39-12-9-18(19(35)36)34(10-12)20(37)38-11-17-15-7-3-1-5-13(15)14-6-2-4-8-16(14)17;1-11(17)18-10-16-14-8-4-2-6-12(14)13-7-3-5-9-15(13)16;1-11(2,3)30-10(27)25-6-7(5-8(25)9(26)28-4)29-12(13(16,17)18,14(19,20)21)15(22,23)24;1-11(2,3)17-10(15)12-6-7(13)5-8(12)9(14)16-4;10-7(11,12)6(8(13,14)15,9(16,17)18)22-3-1-4(5(20)21)19-2-3;5-2(6,7)1(14,3(8,9)10)4(11,12)13;2-1-4-3;;;;/h1-8,12,17-18H,9-11H2,(H,35,36);2-9,16H,10H2,1H3;7-8H,5-6H2,1-4H3;7-8,13H,5-6H2,1-4H3;3-4,19H,1-2H2,(H,20,21);14H;1,3H;1H4;;;/q;;;;;;;;2*+1;-1/p-1/t12-,18-;;7-,8-;7-,8+;3-,4-;;;;;;/m0.010....../s1. The number of aliphatic hydroxyl groups excluding tert-OH is 1. The smallest absolute Gasteiger partial charge is 1.00 e. The van der Waals surface area contributed by atoms with E-state index in [1.165, 1.54) is 62.0 Å². The molecule has 4 heterocycles. The first-order valence-corrected chi connectivity index (χ1v) is 39.7. The maximum Gasteiger partial charge on any atom is 1.00 e. The number of carbonyl (C=O) groups excluding carboxylic acids is 7. The van der Waals surface area contributed by atoms with Crippen LogP contribution in [-0.2, 0) is 76.3 Å². The van der Waals surface area contributed by atoms with Crippen molar-refractivity contribution in [3.63, 3.8) is 0 Å². The minimum Gasteiger partial charge on any atom is -1.00 e. The Hall–Kier alpha value is -8.02. The number of hydrogen-bond acceptors (Lipinski definition) is 23. The van der Waals surface area contributed by atoms with Crippen molar-refractivity contribution in [2.45, 2.75) is 250 Å². The number of esters is 3. The third kappa shape index (κ3) is 32.3. The number of benzene rings is 4. The third-order valence-electron chi connectivity index (χ3n) is 20.6. The molecule has 6 aliphatic rings. The summed E-state index contributed by atoms with van der Waals surface area (Å²) in [5.41, 5.74) is -19.9. The van der Waals surface area contributed by atoms with Gasteiger partial charge in [0.15, 0.2) is 0 Å². The first-order valence-electron chi connectivity index (χ1n) is 39.7. The number of hydrogen-bond donors (Lipinski definition) is 5. The van der Waals surface area contributed by atoms with Crippen LogP contribution in [0.1, 0.15) is 117 Å². The molecule has 4 aliphatic heterocycles. The SMILES string of the molecule is C.CC(=O)OCC1c2ccccc2-c2ccccc21.COC(=O)[C@@H]1C[C@@H](O)CN1C(=O)OC(C)(C)C.COC(=O)[C@@H]1C[C@H](OC(C(F)(F)F)(C(F)(F)F)C(F)(F)F)CN1C(=O)OC(C)(C)C.O=C(O)[C@@H]1C[C@H](OC(C(F)(F)F)(C(F)(F)F)C(F)(F)F)CN1.O=C(O)[C@@H]1C[C@H](OC(C(F)(F)F)(C(F)(F)F)C(F)(F)F)CN1C(=O)OCC1c2ccccc2-c2ccccc21.O=CO[O-].OC(C(F)(F)F)(C(F)(F)F)C(F)(F)F.[H-].[K+].[K+]. The van der Waals surface area contributed by atoms with Gasteiger partial charge in [-0.1, -0.05) is 104 Å². The van der Waals surface area contributed by atoms with Gasteiger partial charge in [-0.15, -0.1) is 0 Å². The number of amides is 3. The number of carbonyl (C=O) groups is 9. The van der Waals surface area contributed by atoms with Gasteiger partial charge < -0.3 is 79.9 Å². The number of aliphatic carboxylic acids is 2. The van der Waals surface area contributed by atoms with Crippen LogP contribution in [0.15, 0.2) is 97.1 Å². The number of halogens is 36. The van der Waals surface area contributed by atoms with Crippen LogP contribution >= 0.6 is 0 Å². The van der Waals surface area contributed by atoms with Gasteiger partial charge in [0.05, 0.1) is 58.3 Å². The Morgan fingerprint density at radius 2 is 0.653 bits per heavy atom. The predicted octanol–water partition coefficient (Wildman–Crippen LogP) is 11.6. The number of nitrogens with zero attached hydrogens (tertiary/aromatic N) is 3. The van der Waals surface area contributed by atoms with Crippen LogP contribution in [0, 0.1) is 0 Å². The van der Waals surface area contributed by atoms with E-state index in [1.807, 2.05) is 41.7 Å². The summed E-state index contributed by atoms with van der Waals surface area (Å²) in [6.45, 7) is 7.28. The zero-order valence-electron chi connectivity index (χ0n) is 77.1. The summed E-state index contributed by atoms with van der Waals surface area (Å²) in [7, 11) is 2.05. The number of ether oxygens (including phenoxy) is 9. The number of fused-ring (bicyclic) bond motifs is 6. The Balaban J connectivity index is 0.00000179. The predicted molar refractivity (Wildman–Crippen MR) is 410 cm³/mol. The van der Waals surface area contributed by atoms with Gasteiger partial charge in [0.1, 0.15) is 48.6 Å². The summed E-state index contributed by atoms with van der Waals surface area (Å²) in [5.74, 6) is -5.93. The van der Waals surface area contributed by atoms with Crippen molar-refractivity contribution < 1.29 is 379 Å². The van der Waals surface area contributed by atoms with Gasteiger partial charge in [0, 0.05) is 51.0 Å². The molecule has 2 aliphatic carbocycles. The first-order chi connectivity index (χ1) is 65.0. The number of methoxy groups -OCH3 is 2. The second-order valence-electron chi connectivity index (χ2n) is 32.7. The molecular weight excluding hydrogens is 2180 g/mol. The van der Waals surface area contributed by atoms with Crippen molar-refractivity contribution in [3.8, 4) is 22.3 Å². The molecule has 28 nitrogen and oxygen atoms in total. The van der Waals surface area contributed by atoms with Crippen LogP contribution < -0.4 is 113 Å². The van der Waals surface area contributed by atoms with E-state index in [9.17, 15) is 207 Å². The topological polar surface area (TPSA) is 372 Å². The largest absolute Gasteiger partial charge is 1.00 e. The van der Waals surface area contributed by atoms with Crippen LogP contribution in [0.2, 0.25) is 0 Å². The molecule has 0 saturated carbocycles. The zero-order chi connectivity index (χ0) is 112. The molecule has 8 atom stereocenters. The number of alkyl halides is 36. The van der Waals surface area contributed by atoms with Crippen molar-refractivity contribution in [1.82, 2.24) is 20.0 Å². The number of likely N-dealkylation sites (tertiary alicyclic amines) is 3. The molecule has 0 spiro atoms. The molecule has 66 heteroatoms. The van der Waals surface area contributed by atoms with Gasteiger partial charge in [0.2, 0.25) is 0 Å². The summed E-state index contributed by atoms with van der Waals surface area (Å²) in [5, 5.41) is 45.5. The number of β-amino-alcohol motifs (C(OH)–C–C–N with tert-alkyl or cyclic N) is 1. The average molecular weight is 2260 g/mol. The second kappa shape index (κ2) is 51.2. The Kier molecular flexibility index (Phi) is 47.7. The number of nitrogens with one attached hydrogen (secondary N) is 1. The first kappa shape index (κ1) is 137. The van der Waals surface area contributed by atoms with E-state index in [0.717, 1.165) is 29.4 Å². The Bertz CT molecular complexity index is 4830. The molecular formula is C81H84F36K2N4O24. The van der Waals surface area contributed by atoms with Gasteiger partial charge >= 0.3 is 247 Å². The number of rotatable bonds is 15. The summed E-state index contributed by atoms with van der Waals surface area (Å²) >= 11 is 0. The maximum atomic E-state index is 13.3. The molecule has 4 fully saturated rings. The zero-order valence-corrected chi connectivity index (χ0v) is 82.3. The normalized spacial score (nSPS) is 19.5. The summed E-state index contributed by atoms with van der Waals surface area (Å²) < 4.78 is 493. The van der Waals surface area contributed by atoms with Crippen LogP contribution in [-0.4, -0.2) is 300 Å². The van der Waals surface area contributed by atoms with Crippen molar-refractivity contribution in [2.24, 2.45) is 0 Å². The Labute approximate surface area is 891 Å². The van der Waals surface area contributed by atoms with Crippen molar-refractivity contribution >= 4 is 54.6 Å². The number of carboxylic acids is 2. The van der Waals surface area contributed by atoms with Gasteiger partial charge in [-0.25, -0.2) is 28.8 Å². The van der Waals surface area contributed by atoms with E-state index in [-0.39, 0.29) is 148 Å². The summed E-state index contributed by atoms with van der Waals surface area (Å²) in [6, 6.07) is 24.5. The van der Waals surface area contributed by atoms with Crippen LogP contribution in [0.5, 0.6) is 0 Å².